The van der Waals surface area contributed by atoms with Gasteiger partial charge in [-0.1, -0.05) is 6.42 Å². The van der Waals surface area contributed by atoms with E-state index < -0.39 is 0 Å². The van der Waals surface area contributed by atoms with Gasteiger partial charge in [0.2, 0.25) is 0 Å². The van der Waals surface area contributed by atoms with Gasteiger partial charge in [0.15, 0.2) is 0 Å². The van der Waals surface area contributed by atoms with Crippen LogP contribution in [0.5, 0.6) is 5.75 Å². The Kier molecular flexibility index (Phi) is 6.15. The second kappa shape index (κ2) is 8.95. The normalized spacial score (nSPS) is 23.0. The Hall–Kier alpha value is -2.08. The molecule has 2 aliphatic carbocycles. The molecule has 4 rings (SSSR count). The van der Waals surface area contributed by atoms with Crippen LogP contribution >= 0.6 is 11.8 Å². The van der Waals surface area contributed by atoms with Crippen LogP contribution in [0.4, 0.5) is 4.39 Å². The fraction of sp³-hybridized carbons (Fsp3) is 0.455. The molecule has 0 aliphatic heterocycles. The number of carbonyl (C=O) groups is 1. The van der Waals surface area contributed by atoms with Gasteiger partial charge in [0, 0.05) is 18.5 Å². The summed E-state index contributed by atoms with van der Waals surface area (Å²) in [6, 6.07) is 9.59. The molecule has 1 amide bonds. The van der Waals surface area contributed by atoms with Crippen molar-refractivity contribution in [2.75, 3.05) is 18.9 Å². The summed E-state index contributed by atoms with van der Waals surface area (Å²) in [5.41, 5.74) is 0.623. The van der Waals surface area contributed by atoms with Crippen LogP contribution in [0.15, 0.2) is 47.6 Å². The molecule has 28 heavy (non-hydrogen) atoms. The van der Waals surface area contributed by atoms with E-state index in [1.807, 2.05) is 6.07 Å². The van der Waals surface area contributed by atoms with E-state index in [-0.39, 0.29) is 11.7 Å². The molecule has 0 radical (unpaired) electrons. The highest BCUT2D eigenvalue weighted by molar-refractivity contribution is 7.99. The van der Waals surface area contributed by atoms with Gasteiger partial charge < -0.3 is 10.1 Å². The van der Waals surface area contributed by atoms with E-state index in [0.717, 1.165) is 23.4 Å². The maximum atomic E-state index is 12.9. The molecule has 3 atom stereocenters. The lowest BCUT2D eigenvalue weighted by Crippen LogP contribution is -2.32. The first-order valence-corrected chi connectivity index (χ1v) is 10.9. The number of thioether (sulfide) groups is 1. The molecular formula is C22H25FN2O2S. The minimum Gasteiger partial charge on any atom is -0.493 e. The smallest absolute Gasteiger partial charge is 0.254 e. The monoisotopic (exact) mass is 400 g/mol. The Labute approximate surface area is 169 Å². The third-order valence-corrected chi connectivity index (χ3v) is 6.80. The number of pyridine rings is 1. The molecule has 1 N–H and O–H groups in total. The number of ether oxygens (including phenoxy) is 1. The minimum atomic E-state index is -0.281. The van der Waals surface area contributed by atoms with Crippen LogP contribution in [0, 0.1) is 23.6 Å². The number of amides is 1. The maximum Gasteiger partial charge on any atom is 0.254 e. The summed E-state index contributed by atoms with van der Waals surface area (Å²) in [6.45, 7) is 1.23. The Balaban J connectivity index is 1.26. The number of nitrogens with one attached hydrogen (secondary N) is 1. The van der Waals surface area contributed by atoms with Gasteiger partial charge in [-0.2, -0.15) is 0 Å². The number of hydrogen-bond donors (Lipinski definition) is 1. The van der Waals surface area contributed by atoms with Crippen molar-refractivity contribution in [2.24, 2.45) is 17.8 Å². The van der Waals surface area contributed by atoms with Gasteiger partial charge in [0.1, 0.15) is 16.6 Å². The summed E-state index contributed by atoms with van der Waals surface area (Å²) in [7, 11) is 0. The lowest BCUT2D eigenvalue weighted by molar-refractivity contribution is 0.0938. The van der Waals surface area contributed by atoms with Crippen LogP contribution in [-0.4, -0.2) is 29.8 Å². The van der Waals surface area contributed by atoms with Crippen molar-refractivity contribution in [2.45, 2.75) is 30.7 Å². The average Bonchev–Trinajstić information content (AvgIpc) is 3.34. The van der Waals surface area contributed by atoms with Crippen LogP contribution in [0.1, 0.15) is 36.0 Å². The zero-order valence-electron chi connectivity index (χ0n) is 15.8. The standard InChI is InChI=1S/C22H25FN2O2S/c23-18-5-7-19(8-6-18)27-10-11-28-22-20(2-1-9-24-22)21(26)25-14-17-13-15-3-4-16(17)12-15/h1-2,5-9,15-17H,3-4,10-14H2,(H,25,26). The van der Waals surface area contributed by atoms with E-state index in [4.69, 9.17) is 4.74 Å². The summed E-state index contributed by atoms with van der Waals surface area (Å²) in [5, 5.41) is 3.85. The molecule has 2 fully saturated rings. The molecule has 3 unspecified atom stereocenters. The summed E-state index contributed by atoms with van der Waals surface area (Å²) < 4.78 is 18.5. The Bertz CT molecular complexity index is 814. The first-order chi connectivity index (χ1) is 13.7. The van der Waals surface area contributed by atoms with Crippen LogP contribution in [0.2, 0.25) is 0 Å². The zero-order chi connectivity index (χ0) is 19.3. The quantitative estimate of drug-likeness (QED) is 0.521. The number of benzene rings is 1. The summed E-state index contributed by atoms with van der Waals surface area (Å²) in [5.74, 6) is 3.29. The molecule has 0 spiro atoms. The molecule has 2 aliphatic rings. The number of rotatable bonds is 8. The van der Waals surface area contributed by atoms with E-state index in [9.17, 15) is 9.18 Å². The average molecular weight is 401 g/mol. The van der Waals surface area contributed by atoms with Crippen LogP contribution in [0.3, 0.4) is 0 Å². The van der Waals surface area contributed by atoms with Gasteiger partial charge in [-0.05, 0) is 73.4 Å². The number of nitrogens with zero attached hydrogens (tertiary/aromatic N) is 1. The first kappa shape index (κ1) is 19.2. The van der Waals surface area contributed by atoms with E-state index >= 15 is 0 Å². The van der Waals surface area contributed by atoms with E-state index in [2.05, 4.69) is 10.3 Å². The summed E-state index contributed by atoms with van der Waals surface area (Å²) >= 11 is 1.50. The van der Waals surface area contributed by atoms with Crippen molar-refractivity contribution in [3.63, 3.8) is 0 Å². The predicted molar refractivity (Wildman–Crippen MR) is 108 cm³/mol. The molecule has 4 nitrogen and oxygen atoms in total. The minimum absolute atomic E-state index is 0.0437. The molecule has 2 saturated carbocycles. The van der Waals surface area contributed by atoms with Crippen molar-refractivity contribution < 1.29 is 13.9 Å². The van der Waals surface area contributed by atoms with Crippen molar-refractivity contribution >= 4 is 17.7 Å². The zero-order valence-corrected chi connectivity index (χ0v) is 16.6. The van der Waals surface area contributed by atoms with Gasteiger partial charge in [-0.15, -0.1) is 11.8 Å². The number of aromatic nitrogens is 1. The summed E-state index contributed by atoms with van der Waals surface area (Å²) in [4.78, 5) is 17.1. The fourth-order valence-corrected chi connectivity index (χ4v) is 5.26. The van der Waals surface area contributed by atoms with Gasteiger partial charge in [-0.3, -0.25) is 4.79 Å². The van der Waals surface area contributed by atoms with E-state index in [0.29, 0.717) is 29.6 Å². The summed E-state index contributed by atoms with van der Waals surface area (Å²) in [6.07, 6.45) is 7.02. The van der Waals surface area contributed by atoms with Gasteiger partial charge >= 0.3 is 0 Å². The number of carbonyl (C=O) groups excluding carboxylic acids is 1. The molecular weight excluding hydrogens is 375 g/mol. The molecule has 2 aromatic rings. The van der Waals surface area contributed by atoms with Gasteiger partial charge in [-0.25, -0.2) is 9.37 Å². The van der Waals surface area contributed by atoms with Crippen LogP contribution < -0.4 is 10.1 Å². The van der Waals surface area contributed by atoms with Gasteiger partial charge in [0.05, 0.1) is 12.2 Å². The van der Waals surface area contributed by atoms with Gasteiger partial charge in [0.25, 0.3) is 5.91 Å². The highest BCUT2D eigenvalue weighted by Crippen LogP contribution is 2.47. The number of halogens is 1. The van der Waals surface area contributed by atoms with E-state index in [1.54, 1.807) is 24.4 Å². The van der Waals surface area contributed by atoms with Crippen molar-refractivity contribution in [1.82, 2.24) is 10.3 Å². The number of hydrogen-bond acceptors (Lipinski definition) is 4. The topological polar surface area (TPSA) is 51.2 Å². The van der Waals surface area contributed by atoms with Crippen LogP contribution in [0.25, 0.3) is 0 Å². The second-order valence-corrected chi connectivity index (χ2v) is 8.74. The number of fused-ring (bicyclic) bond motifs is 2. The molecule has 148 valence electrons. The van der Waals surface area contributed by atoms with E-state index in [1.165, 1.54) is 49.6 Å². The Morgan fingerprint density at radius 2 is 2.07 bits per heavy atom. The highest BCUT2D eigenvalue weighted by atomic mass is 32.2. The van der Waals surface area contributed by atoms with Crippen molar-refractivity contribution in [3.05, 3.63) is 54.0 Å². The molecule has 1 aromatic heterocycles. The fourth-order valence-electron chi connectivity index (χ4n) is 4.45. The first-order valence-electron chi connectivity index (χ1n) is 9.93. The highest BCUT2D eigenvalue weighted by Gasteiger charge is 2.39. The molecule has 0 saturated heterocycles. The Morgan fingerprint density at radius 1 is 1.21 bits per heavy atom. The SMILES string of the molecule is O=C(NCC1CC2CCC1C2)c1cccnc1SCCOc1ccc(F)cc1. The molecule has 1 heterocycles. The third-order valence-electron chi connectivity index (χ3n) is 5.83. The lowest BCUT2D eigenvalue weighted by atomic mass is 9.89. The van der Waals surface area contributed by atoms with Crippen molar-refractivity contribution in [1.29, 1.82) is 0 Å². The lowest BCUT2D eigenvalue weighted by Gasteiger charge is -2.22. The maximum absolute atomic E-state index is 12.9. The molecule has 2 bridgehead atoms. The Morgan fingerprint density at radius 3 is 2.82 bits per heavy atom. The third kappa shape index (κ3) is 4.66. The molecule has 6 heteroatoms. The second-order valence-electron chi connectivity index (χ2n) is 7.65. The van der Waals surface area contributed by atoms with Crippen molar-refractivity contribution in [3.8, 4) is 5.75 Å². The predicted octanol–water partition coefficient (Wildman–Crippen LogP) is 4.56. The molecule has 1 aromatic carbocycles. The van der Waals surface area contributed by atoms with Crippen LogP contribution in [-0.2, 0) is 0 Å². The largest absolute Gasteiger partial charge is 0.493 e.